The van der Waals surface area contributed by atoms with E-state index in [2.05, 4.69) is 17.1 Å². The molecule has 1 heterocycles. The predicted octanol–water partition coefficient (Wildman–Crippen LogP) is 4.19. The second kappa shape index (κ2) is 4.67. The minimum atomic E-state index is 0.736. The summed E-state index contributed by atoms with van der Waals surface area (Å²) < 4.78 is 2.05. The van der Waals surface area contributed by atoms with Crippen molar-refractivity contribution >= 4 is 11.6 Å². The maximum Gasteiger partial charge on any atom is 0.0997 e. The molecule has 0 aliphatic heterocycles. The highest BCUT2D eigenvalue weighted by molar-refractivity contribution is 6.30. The van der Waals surface area contributed by atoms with Crippen LogP contribution in [0.1, 0.15) is 0 Å². The molecular weight excluding hydrogens is 244 g/mol. The molecule has 18 heavy (non-hydrogen) atoms. The normalized spacial score (nSPS) is 10.5. The Bertz CT molecular complexity index is 642. The lowest BCUT2D eigenvalue weighted by atomic mass is 10.1. The van der Waals surface area contributed by atoms with Gasteiger partial charge in [-0.2, -0.15) is 0 Å². The standard InChI is InChI=1S/C15H11ClN2/c16-13-6-8-14(9-7-13)18-11-17-10-15(18)12-4-2-1-3-5-12/h1-11H. The van der Waals surface area contributed by atoms with E-state index >= 15 is 0 Å². The van der Waals surface area contributed by atoms with Gasteiger partial charge in [0.1, 0.15) is 0 Å². The fourth-order valence-electron chi connectivity index (χ4n) is 1.92. The van der Waals surface area contributed by atoms with Gasteiger partial charge in [-0.05, 0) is 24.3 Å². The molecule has 0 amide bonds. The number of hydrogen-bond donors (Lipinski definition) is 0. The van der Waals surface area contributed by atoms with Crippen LogP contribution in [0.25, 0.3) is 16.9 Å². The smallest absolute Gasteiger partial charge is 0.0997 e. The van der Waals surface area contributed by atoms with Crippen molar-refractivity contribution in [2.75, 3.05) is 0 Å². The van der Waals surface area contributed by atoms with Crippen LogP contribution in [0.15, 0.2) is 67.1 Å². The lowest BCUT2D eigenvalue weighted by Crippen LogP contribution is -1.94. The fourth-order valence-corrected chi connectivity index (χ4v) is 2.05. The Hall–Kier alpha value is -2.06. The van der Waals surface area contributed by atoms with Crippen molar-refractivity contribution in [2.45, 2.75) is 0 Å². The van der Waals surface area contributed by atoms with Gasteiger partial charge in [-0.15, -0.1) is 0 Å². The molecule has 0 atom stereocenters. The number of rotatable bonds is 2. The van der Waals surface area contributed by atoms with Gasteiger partial charge >= 0.3 is 0 Å². The Kier molecular flexibility index (Phi) is 2.87. The topological polar surface area (TPSA) is 17.8 Å². The van der Waals surface area contributed by atoms with E-state index in [1.165, 1.54) is 0 Å². The fraction of sp³-hybridized carbons (Fsp3) is 0. The van der Waals surface area contributed by atoms with Crippen molar-refractivity contribution in [3.8, 4) is 16.9 Å². The number of imidazole rings is 1. The average Bonchev–Trinajstić information content (AvgIpc) is 2.90. The van der Waals surface area contributed by atoms with Crippen LogP contribution in [-0.2, 0) is 0 Å². The zero-order chi connectivity index (χ0) is 12.4. The summed E-state index contributed by atoms with van der Waals surface area (Å²) in [6.45, 7) is 0. The van der Waals surface area contributed by atoms with Crippen molar-refractivity contribution in [3.05, 3.63) is 72.1 Å². The summed E-state index contributed by atoms with van der Waals surface area (Å²) in [6.07, 6.45) is 3.68. The quantitative estimate of drug-likeness (QED) is 0.670. The van der Waals surface area contributed by atoms with E-state index in [1.54, 1.807) is 0 Å². The summed E-state index contributed by atoms with van der Waals surface area (Å²) in [7, 11) is 0. The first-order valence-electron chi connectivity index (χ1n) is 5.68. The van der Waals surface area contributed by atoms with Gasteiger partial charge in [0.15, 0.2) is 0 Å². The Morgan fingerprint density at radius 2 is 1.61 bits per heavy atom. The van der Waals surface area contributed by atoms with Gasteiger partial charge in [0.05, 0.1) is 18.2 Å². The third kappa shape index (κ3) is 2.03. The lowest BCUT2D eigenvalue weighted by molar-refractivity contribution is 1.06. The van der Waals surface area contributed by atoms with Crippen molar-refractivity contribution in [1.29, 1.82) is 0 Å². The predicted molar refractivity (Wildman–Crippen MR) is 74.0 cm³/mol. The zero-order valence-corrected chi connectivity index (χ0v) is 10.4. The Morgan fingerprint density at radius 3 is 2.33 bits per heavy atom. The molecule has 3 heteroatoms. The molecule has 0 aliphatic rings. The van der Waals surface area contributed by atoms with Gasteiger partial charge in [0.2, 0.25) is 0 Å². The first-order chi connectivity index (χ1) is 8.84. The summed E-state index contributed by atoms with van der Waals surface area (Å²) >= 11 is 5.90. The molecule has 0 spiro atoms. The van der Waals surface area contributed by atoms with Gasteiger partial charge in [0.25, 0.3) is 0 Å². The Labute approximate surface area is 110 Å². The van der Waals surface area contributed by atoms with Crippen LogP contribution in [0.5, 0.6) is 0 Å². The molecule has 0 saturated heterocycles. The molecule has 0 N–H and O–H groups in total. The van der Waals surface area contributed by atoms with E-state index in [0.29, 0.717) is 0 Å². The van der Waals surface area contributed by atoms with Crippen molar-refractivity contribution in [3.63, 3.8) is 0 Å². The molecule has 2 nitrogen and oxygen atoms in total. The van der Waals surface area contributed by atoms with Gasteiger partial charge < -0.3 is 0 Å². The molecule has 0 saturated carbocycles. The van der Waals surface area contributed by atoms with E-state index in [1.807, 2.05) is 59.6 Å². The molecular formula is C15H11ClN2. The Morgan fingerprint density at radius 1 is 0.889 bits per heavy atom. The molecule has 1 aromatic heterocycles. The SMILES string of the molecule is Clc1ccc(-n2cncc2-c2ccccc2)cc1. The highest BCUT2D eigenvalue weighted by Crippen LogP contribution is 2.23. The highest BCUT2D eigenvalue weighted by Gasteiger charge is 2.06. The van der Waals surface area contributed by atoms with E-state index in [0.717, 1.165) is 22.0 Å². The minimum Gasteiger partial charge on any atom is -0.299 e. The molecule has 0 radical (unpaired) electrons. The van der Waals surface area contributed by atoms with Crippen LogP contribution in [0.4, 0.5) is 0 Å². The molecule has 0 unspecified atom stereocenters. The van der Waals surface area contributed by atoms with Crippen molar-refractivity contribution < 1.29 is 0 Å². The lowest BCUT2D eigenvalue weighted by Gasteiger charge is -2.08. The third-order valence-corrected chi connectivity index (χ3v) is 3.06. The summed E-state index contributed by atoms with van der Waals surface area (Å²) in [5.41, 5.74) is 3.26. The van der Waals surface area contributed by atoms with E-state index in [4.69, 9.17) is 11.6 Å². The van der Waals surface area contributed by atoms with Crippen LogP contribution in [0.3, 0.4) is 0 Å². The summed E-state index contributed by atoms with van der Waals surface area (Å²) in [6, 6.07) is 17.9. The van der Waals surface area contributed by atoms with Crippen molar-refractivity contribution in [2.24, 2.45) is 0 Å². The molecule has 2 aromatic carbocycles. The van der Waals surface area contributed by atoms with E-state index in [-0.39, 0.29) is 0 Å². The van der Waals surface area contributed by atoms with Crippen LogP contribution >= 0.6 is 11.6 Å². The second-order valence-electron chi connectivity index (χ2n) is 3.99. The van der Waals surface area contributed by atoms with Crippen LogP contribution in [-0.4, -0.2) is 9.55 Å². The van der Waals surface area contributed by atoms with E-state index in [9.17, 15) is 0 Å². The maximum absolute atomic E-state index is 5.90. The monoisotopic (exact) mass is 254 g/mol. The van der Waals surface area contributed by atoms with Gasteiger partial charge in [-0.3, -0.25) is 4.57 Å². The highest BCUT2D eigenvalue weighted by atomic mass is 35.5. The zero-order valence-electron chi connectivity index (χ0n) is 9.62. The van der Waals surface area contributed by atoms with Crippen LogP contribution in [0, 0.1) is 0 Å². The summed E-state index contributed by atoms with van der Waals surface area (Å²) in [5, 5.41) is 0.736. The van der Waals surface area contributed by atoms with Crippen molar-refractivity contribution in [1.82, 2.24) is 9.55 Å². The van der Waals surface area contributed by atoms with Gasteiger partial charge in [-0.1, -0.05) is 41.9 Å². The average molecular weight is 255 g/mol. The van der Waals surface area contributed by atoms with Gasteiger partial charge in [0, 0.05) is 16.3 Å². The van der Waals surface area contributed by atoms with Gasteiger partial charge in [-0.25, -0.2) is 4.98 Å². The first kappa shape index (κ1) is 11.1. The van der Waals surface area contributed by atoms with E-state index < -0.39 is 0 Å². The molecule has 0 aliphatic carbocycles. The molecule has 0 bridgehead atoms. The molecule has 3 aromatic rings. The number of benzene rings is 2. The maximum atomic E-state index is 5.90. The second-order valence-corrected chi connectivity index (χ2v) is 4.43. The molecule has 0 fully saturated rings. The Balaban J connectivity index is 2.10. The summed E-state index contributed by atoms with van der Waals surface area (Å²) in [4.78, 5) is 4.23. The largest absolute Gasteiger partial charge is 0.299 e. The number of hydrogen-bond acceptors (Lipinski definition) is 1. The number of nitrogens with zero attached hydrogens (tertiary/aromatic N) is 2. The number of aromatic nitrogens is 2. The molecule has 3 rings (SSSR count). The van der Waals surface area contributed by atoms with Crippen LogP contribution < -0.4 is 0 Å². The first-order valence-corrected chi connectivity index (χ1v) is 6.06. The van der Waals surface area contributed by atoms with Crippen LogP contribution in [0.2, 0.25) is 5.02 Å². The third-order valence-electron chi connectivity index (χ3n) is 2.81. The summed E-state index contributed by atoms with van der Waals surface area (Å²) in [5.74, 6) is 0. The number of halogens is 1. The minimum absolute atomic E-state index is 0.736. The molecule has 88 valence electrons.